The maximum atomic E-state index is 13.1. The molecule has 4 heteroatoms. The summed E-state index contributed by atoms with van der Waals surface area (Å²) in [5.74, 6) is 0.889. The van der Waals surface area contributed by atoms with E-state index in [-0.39, 0.29) is 17.9 Å². The molecule has 136 valence electrons. The predicted octanol–water partition coefficient (Wildman–Crippen LogP) is 3.82. The Bertz CT molecular complexity index is 589. The van der Waals surface area contributed by atoms with Crippen molar-refractivity contribution in [1.29, 1.82) is 0 Å². The Morgan fingerprint density at radius 2 is 1.60 bits per heavy atom. The van der Waals surface area contributed by atoms with Gasteiger partial charge in [0.2, 0.25) is 11.8 Å². The molecule has 2 aliphatic rings. The van der Waals surface area contributed by atoms with E-state index in [1.807, 2.05) is 30.3 Å². The highest BCUT2D eigenvalue weighted by molar-refractivity contribution is 5.80. The second-order valence-electron chi connectivity index (χ2n) is 7.81. The third kappa shape index (κ3) is 4.83. The number of carbonyl (C=O) groups excluding carboxylic acids is 2. The van der Waals surface area contributed by atoms with Gasteiger partial charge in [0.05, 0.1) is 12.5 Å². The summed E-state index contributed by atoms with van der Waals surface area (Å²) in [5.41, 5.74) is 0.999. The van der Waals surface area contributed by atoms with Crippen LogP contribution in [-0.4, -0.2) is 28.8 Å². The minimum Gasteiger partial charge on any atom is -0.349 e. The highest BCUT2D eigenvalue weighted by Crippen LogP contribution is 2.36. The molecule has 0 aliphatic heterocycles. The zero-order chi connectivity index (χ0) is 17.8. The summed E-state index contributed by atoms with van der Waals surface area (Å²) in [4.78, 5) is 26.9. The van der Waals surface area contributed by atoms with E-state index in [0.717, 1.165) is 37.2 Å². The number of nitrogens with zero attached hydrogens (tertiary/aromatic N) is 1. The van der Waals surface area contributed by atoms with E-state index in [1.54, 1.807) is 0 Å². The molecule has 3 rings (SSSR count). The summed E-state index contributed by atoms with van der Waals surface area (Å²) < 4.78 is 0. The fraction of sp³-hybridized carbons (Fsp3) is 0.619. The van der Waals surface area contributed by atoms with Crippen LogP contribution in [-0.2, 0) is 9.59 Å². The zero-order valence-electron chi connectivity index (χ0n) is 15.4. The number of amides is 2. The van der Waals surface area contributed by atoms with Crippen LogP contribution in [0.2, 0.25) is 0 Å². The van der Waals surface area contributed by atoms with Crippen molar-refractivity contribution in [2.24, 2.45) is 5.92 Å². The first-order chi connectivity index (χ1) is 12.0. The van der Waals surface area contributed by atoms with Gasteiger partial charge in [-0.15, -0.1) is 0 Å². The van der Waals surface area contributed by atoms with Gasteiger partial charge < -0.3 is 10.2 Å². The van der Waals surface area contributed by atoms with Crippen LogP contribution in [0.25, 0.3) is 0 Å². The van der Waals surface area contributed by atoms with Gasteiger partial charge in [-0.3, -0.25) is 9.59 Å². The van der Waals surface area contributed by atoms with Crippen molar-refractivity contribution in [1.82, 2.24) is 10.2 Å². The summed E-state index contributed by atoms with van der Waals surface area (Å²) in [6.07, 6.45) is 7.30. The van der Waals surface area contributed by atoms with Crippen molar-refractivity contribution in [3.63, 3.8) is 0 Å². The van der Waals surface area contributed by atoms with Crippen molar-refractivity contribution in [2.75, 3.05) is 0 Å². The van der Waals surface area contributed by atoms with Gasteiger partial charge >= 0.3 is 0 Å². The molecular weight excluding hydrogens is 312 g/mol. The highest BCUT2D eigenvalue weighted by atomic mass is 16.2. The number of hydrogen-bond donors (Lipinski definition) is 1. The fourth-order valence-corrected chi connectivity index (χ4v) is 4.04. The third-order valence-corrected chi connectivity index (χ3v) is 5.57. The van der Waals surface area contributed by atoms with E-state index in [1.165, 1.54) is 19.8 Å². The van der Waals surface area contributed by atoms with Crippen LogP contribution in [0.15, 0.2) is 30.3 Å². The van der Waals surface area contributed by atoms with E-state index in [0.29, 0.717) is 18.5 Å². The number of carbonyl (C=O) groups is 2. The molecule has 2 aliphatic carbocycles. The van der Waals surface area contributed by atoms with Crippen LogP contribution >= 0.6 is 0 Å². The van der Waals surface area contributed by atoms with Crippen molar-refractivity contribution in [3.05, 3.63) is 35.9 Å². The number of rotatable bonds is 6. The standard InChI is InChI=1S/C21H30N2O2/c1-15-8-10-18(11-9-15)23(19-12-13-19)21(25)14-20(22-16(2)24)17-6-4-3-5-7-17/h3-7,15,18-20H,8-14H2,1-2H3,(H,22,24). The molecule has 0 bridgehead atoms. The first-order valence-electron chi connectivity index (χ1n) is 9.67. The van der Waals surface area contributed by atoms with E-state index in [4.69, 9.17) is 0 Å². The molecule has 0 aromatic heterocycles. The molecule has 0 radical (unpaired) electrons. The molecule has 4 nitrogen and oxygen atoms in total. The minimum atomic E-state index is -0.241. The molecule has 0 spiro atoms. The Balaban J connectivity index is 1.71. The largest absolute Gasteiger partial charge is 0.349 e. The summed E-state index contributed by atoms with van der Waals surface area (Å²) in [5, 5.41) is 2.96. The Morgan fingerprint density at radius 1 is 1.04 bits per heavy atom. The molecule has 1 atom stereocenters. The maximum absolute atomic E-state index is 13.1. The van der Waals surface area contributed by atoms with Crippen LogP contribution < -0.4 is 5.32 Å². The topological polar surface area (TPSA) is 49.4 Å². The number of hydrogen-bond acceptors (Lipinski definition) is 2. The van der Waals surface area contributed by atoms with Crippen molar-refractivity contribution in [2.45, 2.75) is 76.9 Å². The van der Waals surface area contributed by atoms with Gasteiger partial charge in [0.15, 0.2) is 0 Å². The molecule has 1 aromatic rings. The van der Waals surface area contributed by atoms with Gasteiger partial charge in [-0.2, -0.15) is 0 Å². The van der Waals surface area contributed by atoms with Crippen LogP contribution in [0.5, 0.6) is 0 Å². The Morgan fingerprint density at radius 3 is 2.12 bits per heavy atom. The minimum absolute atomic E-state index is 0.0916. The molecule has 2 fully saturated rings. The van der Waals surface area contributed by atoms with Crippen LogP contribution in [0.4, 0.5) is 0 Å². The van der Waals surface area contributed by atoms with Crippen LogP contribution in [0, 0.1) is 5.92 Å². The van der Waals surface area contributed by atoms with Gasteiger partial charge in [0.25, 0.3) is 0 Å². The van der Waals surface area contributed by atoms with E-state index < -0.39 is 0 Å². The quantitative estimate of drug-likeness (QED) is 0.854. The zero-order valence-corrected chi connectivity index (χ0v) is 15.4. The van der Waals surface area contributed by atoms with E-state index >= 15 is 0 Å². The van der Waals surface area contributed by atoms with Gasteiger partial charge in [0.1, 0.15) is 0 Å². The van der Waals surface area contributed by atoms with Crippen molar-refractivity contribution in [3.8, 4) is 0 Å². The average molecular weight is 342 g/mol. The van der Waals surface area contributed by atoms with E-state index in [9.17, 15) is 9.59 Å². The Kier molecular flexibility index (Phi) is 5.77. The highest BCUT2D eigenvalue weighted by Gasteiger charge is 2.39. The molecule has 1 unspecified atom stereocenters. The summed E-state index contributed by atoms with van der Waals surface area (Å²) >= 11 is 0. The SMILES string of the molecule is CC(=O)NC(CC(=O)N(C1CCC(C)CC1)C1CC1)c1ccccc1. The van der Waals surface area contributed by atoms with Gasteiger partial charge in [-0.25, -0.2) is 0 Å². The lowest BCUT2D eigenvalue weighted by molar-refractivity contribution is -0.135. The molecule has 2 amide bonds. The third-order valence-electron chi connectivity index (χ3n) is 5.57. The molecule has 0 heterocycles. The summed E-state index contributed by atoms with van der Waals surface area (Å²) in [7, 11) is 0. The fourth-order valence-electron chi connectivity index (χ4n) is 4.04. The Labute approximate surface area is 151 Å². The predicted molar refractivity (Wildman–Crippen MR) is 98.9 cm³/mol. The van der Waals surface area contributed by atoms with Crippen molar-refractivity contribution < 1.29 is 9.59 Å². The van der Waals surface area contributed by atoms with Crippen LogP contribution in [0.3, 0.4) is 0 Å². The average Bonchev–Trinajstić information content (AvgIpc) is 3.41. The lowest BCUT2D eigenvalue weighted by Gasteiger charge is -2.37. The van der Waals surface area contributed by atoms with Gasteiger partial charge in [-0.1, -0.05) is 37.3 Å². The molecular formula is C21H30N2O2. The lowest BCUT2D eigenvalue weighted by Crippen LogP contribution is -2.45. The molecule has 25 heavy (non-hydrogen) atoms. The first-order valence-corrected chi connectivity index (χ1v) is 9.67. The normalized spacial score (nSPS) is 24.4. The first kappa shape index (κ1) is 18.0. The molecule has 1 N–H and O–H groups in total. The summed E-state index contributed by atoms with van der Waals surface area (Å²) in [6, 6.07) is 10.4. The number of benzene rings is 1. The molecule has 0 saturated heterocycles. The second-order valence-corrected chi connectivity index (χ2v) is 7.81. The Hall–Kier alpha value is -1.84. The molecule has 1 aromatic carbocycles. The van der Waals surface area contributed by atoms with Gasteiger partial charge in [0, 0.05) is 19.0 Å². The van der Waals surface area contributed by atoms with E-state index in [2.05, 4.69) is 17.1 Å². The van der Waals surface area contributed by atoms with Crippen molar-refractivity contribution >= 4 is 11.8 Å². The van der Waals surface area contributed by atoms with Crippen LogP contribution in [0.1, 0.15) is 70.4 Å². The lowest BCUT2D eigenvalue weighted by atomic mass is 9.86. The molecule has 2 saturated carbocycles. The second kappa shape index (κ2) is 8.03. The summed E-state index contributed by atoms with van der Waals surface area (Å²) in [6.45, 7) is 3.82. The van der Waals surface area contributed by atoms with Gasteiger partial charge in [-0.05, 0) is 50.0 Å². The monoisotopic (exact) mass is 342 g/mol. The smallest absolute Gasteiger partial charge is 0.225 e. The number of nitrogens with one attached hydrogen (secondary N) is 1. The maximum Gasteiger partial charge on any atom is 0.225 e.